The molecule has 0 aromatic carbocycles. The van der Waals surface area contributed by atoms with Gasteiger partial charge in [0, 0.05) is 13.1 Å². The van der Waals surface area contributed by atoms with E-state index in [0.29, 0.717) is 6.54 Å². The molecule has 0 heterocycles. The van der Waals surface area contributed by atoms with Crippen molar-refractivity contribution in [3.05, 3.63) is 0 Å². The minimum Gasteiger partial charge on any atom is -0.386 e. The predicted octanol–water partition coefficient (Wildman–Crippen LogP) is 0.118. The third-order valence-electron chi connectivity index (χ3n) is 1.78. The molecule has 0 radical (unpaired) electrons. The standard InChI is InChI=1S/C9H18F2N2O2/c1-2-3-4-13-8(15)6-12-5-7(14)9(10)11/h7,9,12,14H,2-6H2,1H3,(H,13,15). The number of nitrogens with one attached hydrogen (secondary N) is 2. The number of halogens is 2. The maximum absolute atomic E-state index is 11.8. The Morgan fingerprint density at radius 2 is 2.13 bits per heavy atom. The van der Waals surface area contributed by atoms with E-state index < -0.39 is 12.5 Å². The first-order chi connectivity index (χ1) is 7.07. The molecule has 1 unspecified atom stereocenters. The highest BCUT2D eigenvalue weighted by molar-refractivity contribution is 5.77. The van der Waals surface area contributed by atoms with Crippen molar-refractivity contribution in [2.75, 3.05) is 19.6 Å². The number of carbonyl (C=O) groups excluding carboxylic acids is 1. The molecule has 0 aromatic rings. The van der Waals surface area contributed by atoms with Gasteiger partial charge in [0.2, 0.25) is 5.91 Å². The van der Waals surface area contributed by atoms with Crippen LogP contribution in [0.1, 0.15) is 19.8 Å². The molecule has 15 heavy (non-hydrogen) atoms. The summed E-state index contributed by atoms with van der Waals surface area (Å²) in [5.74, 6) is -0.245. The van der Waals surface area contributed by atoms with Crippen molar-refractivity contribution in [3.63, 3.8) is 0 Å². The Bertz CT molecular complexity index is 179. The molecule has 0 saturated carbocycles. The molecule has 0 aliphatic carbocycles. The molecule has 0 aliphatic heterocycles. The first kappa shape index (κ1) is 14.2. The van der Waals surface area contributed by atoms with Crippen LogP contribution in [0.3, 0.4) is 0 Å². The van der Waals surface area contributed by atoms with Gasteiger partial charge in [-0.3, -0.25) is 4.79 Å². The van der Waals surface area contributed by atoms with E-state index in [1.807, 2.05) is 6.92 Å². The van der Waals surface area contributed by atoms with Crippen LogP contribution in [-0.2, 0) is 4.79 Å². The zero-order chi connectivity index (χ0) is 11.7. The third-order valence-corrected chi connectivity index (χ3v) is 1.78. The van der Waals surface area contributed by atoms with Crippen molar-refractivity contribution in [1.29, 1.82) is 0 Å². The van der Waals surface area contributed by atoms with E-state index >= 15 is 0 Å². The minimum absolute atomic E-state index is 0.0481. The second-order valence-electron chi connectivity index (χ2n) is 3.24. The van der Waals surface area contributed by atoms with E-state index in [1.165, 1.54) is 0 Å². The lowest BCUT2D eigenvalue weighted by atomic mass is 10.3. The highest BCUT2D eigenvalue weighted by Crippen LogP contribution is 1.97. The fourth-order valence-electron chi connectivity index (χ4n) is 0.890. The van der Waals surface area contributed by atoms with E-state index in [2.05, 4.69) is 10.6 Å². The van der Waals surface area contributed by atoms with Crippen molar-refractivity contribution in [2.45, 2.75) is 32.3 Å². The maximum Gasteiger partial charge on any atom is 0.265 e. The largest absolute Gasteiger partial charge is 0.386 e. The summed E-state index contributed by atoms with van der Waals surface area (Å²) in [6.45, 7) is 2.27. The van der Waals surface area contributed by atoms with Crippen molar-refractivity contribution in [3.8, 4) is 0 Å². The number of rotatable bonds is 8. The Kier molecular flexibility index (Phi) is 8.12. The number of unbranched alkanes of at least 4 members (excludes halogenated alkanes) is 1. The highest BCUT2D eigenvalue weighted by atomic mass is 19.3. The molecule has 1 amide bonds. The second kappa shape index (κ2) is 8.55. The molecule has 6 heteroatoms. The van der Waals surface area contributed by atoms with Crippen LogP contribution in [-0.4, -0.2) is 43.2 Å². The first-order valence-corrected chi connectivity index (χ1v) is 5.01. The molecule has 0 aliphatic rings. The van der Waals surface area contributed by atoms with Gasteiger partial charge in [0.15, 0.2) is 0 Å². The van der Waals surface area contributed by atoms with Crippen LogP contribution in [0.2, 0.25) is 0 Å². The number of amides is 1. The number of aliphatic hydroxyl groups excluding tert-OH is 1. The van der Waals surface area contributed by atoms with Crippen LogP contribution in [0.5, 0.6) is 0 Å². The molecular formula is C9H18F2N2O2. The van der Waals surface area contributed by atoms with Crippen LogP contribution in [0.15, 0.2) is 0 Å². The third kappa shape index (κ3) is 8.26. The minimum atomic E-state index is -2.78. The summed E-state index contributed by atoms with van der Waals surface area (Å²) in [7, 11) is 0. The SMILES string of the molecule is CCCCNC(=O)CNCC(O)C(F)F. The van der Waals surface area contributed by atoms with Crippen LogP contribution >= 0.6 is 0 Å². The Labute approximate surface area is 88.0 Å². The number of alkyl halides is 2. The number of aliphatic hydroxyl groups is 1. The van der Waals surface area contributed by atoms with Gasteiger partial charge in [-0.15, -0.1) is 0 Å². The fraction of sp³-hybridized carbons (Fsp3) is 0.889. The Balaban J connectivity index is 3.38. The average Bonchev–Trinajstić information content (AvgIpc) is 2.18. The summed E-state index contributed by atoms with van der Waals surface area (Å²) < 4.78 is 23.6. The highest BCUT2D eigenvalue weighted by Gasteiger charge is 2.16. The topological polar surface area (TPSA) is 61.4 Å². The van der Waals surface area contributed by atoms with Crippen molar-refractivity contribution in [1.82, 2.24) is 10.6 Å². The summed E-state index contributed by atoms with van der Waals surface area (Å²) >= 11 is 0. The number of carbonyl (C=O) groups is 1. The molecular weight excluding hydrogens is 206 g/mol. The predicted molar refractivity (Wildman–Crippen MR) is 52.8 cm³/mol. The van der Waals surface area contributed by atoms with Crippen LogP contribution in [0.4, 0.5) is 8.78 Å². The van der Waals surface area contributed by atoms with Gasteiger partial charge in [0.05, 0.1) is 6.54 Å². The quantitative estimate of drug-likeness (QED) is 0.513. The molecule has 1 atom stereocenters. The maximum atomic E-state index is 11.8. The summed E-state index contributed by atoms with van der Waals surface area (Å²) in [6, 6.07) is 0. The van der Waals surface area contributed by atoms with Gasteiger partial charge < -0.3 is 15.7 Å². The zero-order valence-electron chi connectivity index (χ0n) is 8.80. The van der Waals surface area contributed by atoms with Gasteiger partial charge in [-0.05, 0) is 6.42 Å². The second-order valence-corrected chi connectivity index (χ2v) is 3.24. The molecule has 90 valence electrons. The van der Waals surface area contributed by atoms with Gasteiger partial charge in [0.1, 0.15) is 6.10 Å². The van der Waals surface area contributed by atoms with Gasteiger partial charge in [0.25, 0.3) is 6.43 Å². The van der Waals surface area contributed by atoms with E-state index in [9.17, 15) is 13.6 Å². The van der Waals surface area contributed by atoms with Crippen molar-refractivity contribution >= 4 is 5.91 Å². The monoisotopic (exact) mass is 224 g/mol. The number of hydrogen-bond donors (Lipinski definition) is 3. The van der Waals surface area contributed by atoms with Gasteiger partial charge >= 0.3 is 0 Å². The van der Waals surface area contributed by atoms with Gasteiger partial charge in [-0.2, -0.15) is 0 Å². The zero-order valence-corrected chi connectivity index (χ0v) is 8.80. The summed E-state index contributed by atoms with van der Waals surface area (Å²) in [6.07, 6.45) is -2.61. The lowest BCUT2D eigenvalue weighted by molar-refractivity contribution is -0.120. The lowest BCUT2D eigenvalue weighted by Gasteiger charge is -2.10. The fourth-order valence-corrected chi connectivity index (χ4v) is 0.890. The first-order valence-electron chi connectivity index (χ1n) is 5.01. The Hall–Kier alpha value is -0.750. The van der Waals surface area contributed by atoms with Crippen LogP contribution in [0.25, 0.3) is 0 Å². The summed E-state index contributed by atoms with van der Waals surface area (Å²) in [5, 5.41) is 13.8. The molecule has 0 fully saturated rings. The molecule has 3 N–H and O–H groups in total. The van der Waals surface area contributed by atoms with E-state index in [4.69, 9.17) is 5.11 Å². The lowest BCUT2D eigenvalue weighted by Crippen LogP contribution is -2.39. The number of hydrogen-bond acceptors (Lipinski definition) is 3. The van der Waals surface area contributed by atoms with Gasteiger partial charge in [-0.1, -0.05) is 13.3 Å². The molecule has 0 bridgehead atoms. The van der Waals surface area contributed by atoms with E-state index in [-0.39, 0.29) is 19.0 Å². The normalized spacial score (nSPS) is 12.9. The van der Waals surface area contributed by atoms with Crippen LogP contribution in [0, 0.1) is 0 Å². The van der Waals surface area contributed by atoms with Crippen molar-refractivity contribution < 1.29 is 18.7 Å². The Morgan fingerprint density at radius 1 is 1.47 bits per heavy atom. The van der Waals surface area contributed by atoms with E-state index in [0.717, 1.165) is 12.8 Å². The molecule has 0 spiro atoms. The molecule has 0 rings (SSSR count). The van der Waals surface area contributed by atoms with Gasteiger partial charge in [-0.25, -0.2) is 8.78 Å². The molecule has 0 aromatic heterocycles. The molecule has 0 saturated heterocycles. The van der Waals surface area contributed by atoms with E-state index in [1.54, 1.807) is 0 Å². The molecule has 4 nitrogen and oxygen atoms in total. The summed E-state index contributed by atoms with van der Waals surface area (Å²) in [5.41, 5.74) is 0. The van der Waals surface area contributed by atoms with Crippen molar-refractivity contribution in [2.24, 2.45) is 0 Å². The Morgan fingerprint density at radius 3 is 2.67 bits per heavy atom. The summed E-state index contributed by atoms with van der Waals surface area (Å²) in [4.78, 5) is 11.0. The smallest absolute Gasteiger partial charge is 0.265 e. The average molecular weight is 224 g/mol. The van der Waals surface area contributed by atoms with Crippen LogP contribution < -0.4 is 10.6 Å².